The molecule has 0 atom stereocenters. The minimum Gasteiger partial charge on any atom is -0.487 e. The number of aromatic nitrogens is 1. The average molecular weight is 465 g/mol. The lowest BCUT2D eigenvalue weighted by atomic mass is 10.2. The minimum absolute atomic E-state index is 0.214. The Bertz CT molecular complexity index is 888. The van der Waals surface area contributed by atoms with Crippen LogP contribution in [0.5, 0.6) is 5.75 Å². The number of carbonyl (C=O) groups is 1. The lowest BCUT2D eigenvalue weighted by Crippen LogP contribution is -2.13. The third-order valence-corrected chi connectivity index (χ3v) is 4.55. The summed E-state index contributed by atoms with van der Waals surface area (Å²) >= 11 is 8.09. The van der Waals surface area contributed by atoms with E-state index in [1.807, 2.05) is 42.5 Å². The maximum Gasteiger partial charge on any atom is 0.256 e. The molecule has 0 radical (unpaired) electrons. The van der Waals surface area contributed by atoms with Gasteiger partial charge < -0.3 is 10.1 Å². The van der Waals surface area contributed by atoms with Crippen LogP contribution in [0.25, 0.3) is 0 Å². The van der Waals surface area contributed by atoms with E-state index in [9.17, 15) is 4.79 Å². The summed E-state index contributed by atoms with van der Waals surface area (Å²) in [6.07, 6.45) is 1.72. The maximum absolute atomic E-state index is 12.5. The topological polar surface area (TPSA) is 51.2 Å². The summed E-state index contributed by atoms with van der Waals surface area (Å²) in [6, 6.07) is 18.1. The zero-order chi connectivity index (χ0) is 17.6. The number of nitrogens with zero attached hydrogens (tertiary/aromatic N) is 1. The normalized spacial score (nSPS) is 10.3. The van der Waals surface area contributed by atoms with Crippen molar-refractivity contribution in [3.63, 3.8) is 0 Å². The van der Waals surface area contributed by atoms with Gasteiger partial charge in [0, 0.05) is 26.5 Å². The highest BCUT2D eigenvalue weighted by Crippen LogP contribution is 2.22. The number of amides is 1. The first-order valence-electron chi connectivity index (χ1n) is 7.51. The highest BCUT2D eigenvalue weighted by atomic mass is 127. The molecule has 0 bridgehead atoms. The Kier molecular flexibility index (Phi) is 5.88. The van der Waals surface area contributed by atoms with E-state index >= 15 is 0 Å². The summed E-state index contributed by atoms with van der Waals surface area (Å²) in [6.45, 7) is 0.366. The molecule has 0 unspecified atom stereocenters. The predicted octanol–water partition coefficient (Wildman–Crippen LogP) is 5.17. The fraction of sp³-hybridized carbons (Fsp3) is 0.0526. The quantitative estimate of drug-likeness (QED) is 0.530. The van der Waals surface area contributed by atoms with E-state index in [1.165, 1.54) is 0 Å². The van der Waals surface area contributed by atoms with Crippen LogP contribution in [0.2, 0.25) is 5.02 Å². The molecule has 1 N–H and O–H groups in total. The number of ether oxygens (including phenoxy) is 1. The van der Waals surface area contributed by atoms with Crippen LogP contribution >= 0.6 is 34.2 Å². The van der Waals surface area contributed by atoms with Gasteiger partial charge in [0.1, 0.15) is 12.4 Å². The molecule has 0 aliphatic carbocycles. The summed E-state index contributed by atoms with van der Waals surface area (Å²) in [7, 11) is 0. The van der Waals surface area contributed by atoms with Crippen molar-refractivity contribution in [2.75, 3.05) is 5.32 Å². The van der Waals surface area contributed by atoms with Gasteiger partial charge in [-0.1, -0.05) is 23.7 Å². The number of hydrogen-bond donors (Lipinski definition) is 1. The van der Waals surface area contributed by atoms with Crippen molar-refractivity contribution in [2.24, 2.45) is 0 Å². The SMILES string of the molecule is O=C(Nc1cccc(OCc2ccccn2)c1)c1cc(Cl)ccc1I. The fourth-order valence-corrected chi connectivity index (χ4v) is 2.93. The molecule has 0 saturated heterocycles. The van der Waals surface area contributed by atoms with Crippen LogP contribution in [-0.4, -0.2) is 10.9 Å². The van der Waals surface area contributed by atoms with Gasteiger partial charge in [0.05, 0.1) is 11.3 Å². The van der Waals surface area contributed by atoms with Crippen molar-refractivity contribution in [1.82, 2.24) is 4.98 Å². The lowest BCUT2D eigenvalue weighted by Gasteiger charge is -2.10. The van der Waals surface area contributed by atoms with Gasteiger partial charge in [-0.25, -0.2) is 0 Å². The number of carbonyl (C=O) groups excluding carboxylic acids is 1. The maximum atomic E-state index is 12.5. The summed E-state index contributed by atoms with van der Waals surface area (Å²) in [5.74, 6) is 0.443. The molecule has 2 aromatic carbocycles. The number of hydrogen-bond acceptors (Lipinski definition) is 3. The summed E-state index contributed by atoms with van der Waals surface area (Å²) in [4.78, 5) is 16.7. The third kappa shape index (κ3) is 4.93. The molecule has 4 nitrogen and oxygen atoms in total. The molecule has 0 fully saturated rings. The molecule has 6 heteroatoms. The van der Waals surface area contributed by atoms with Crippen LogP contribution < -0.4 is 10.1 Å². The zero-order valence-corrected chi connectivity index (χ0v) is 16.0. The summed E-state index contributed by atoms with van der Waals surface area (Å²) in [5.41, 5.74) is 2.03. The van der Waals surface area contributed by atoms with Crippen LogP contribution in [0.15, 0.2) is 66.9 Å². The standard InChI is InChI=1S/C19H14ClIN2O2/c20-13-7-8-18(21)17(10-13)19(24)23-14-5-3-6-16(11-14)25-12-15-4-1-2-9-22-15/h1-11H,12H2,(H,23,24). The molecule has 3 rings (SSSR count). The molecular weight excluding hydrogens is 451 g/mol. The molecule has 0 aliphatic rings. The van der Waals surface area contributed by atoms with Gasteiger partial charge in [-0.3, -0.25) is 9.78 Å². The second kappa shape index (κ2) is 8.31. The van der Waals surface area contributed by atoms with Gasteiger partial charge in [0.25, 0.3) is 5.91 Å². The van der Waals surface area contributed by atoms with Crippen molar-refractivity contribution in [3.8, 4) is 5.75 Å². The second-order valence-electron chi connectivity index (χ2n) is 5.22. The molecular formula is C19H14ClIN2O2. The zero-order valence-electron chi connectivity index (χ0n) is 13.1. The predicted molar refractivity (Wildman–Crippen MR) is 107 cm³/mol. The average Bonchev–Trinajstić information content (AvgIpc) is 2.63. The van der Waals surface area contributed by atoms with Gasteiger partial charge in [-0.05, 0) is 65.1 Å². The monoisotopic (exact) mass is 464 g/mol. The minimum atomic E-state index is -0.214. The van der Waals surface area contributed by atoms with E-state index < -0.39 is 0 Å². The van der Waals surface area contributed by atoms with Crippen molar-refractivity contribution in [1.29, 1.82) is 0 Å². The smallest absolute Gasteiger partial charge is 0.256 e. The molecule has 1 amide bonds. The molecule has 3 aromatic rings. The van der Waals surface area contributed by atoms with E-state index in [0.29, 0.717) is 28.6 Å². The van der Waals surface area contributed by atoms with Crippen LogP contribution in [0.3, 0.4) is 0 Å². The van der Waals surface area contributed by atoms with Crippen molar-refractivity contribution < 1.29 is 9.53 Å². The van der Waals surface area contributed by atoms with Crippen molar-refractivity contribution >= 4 is 45.8 Å². The first-order chi connectivity index (χ1) is 12.1. The number of pyridine rings is 1. The van der Waals surface area contributed by atoms with Gasteiger partial charge in [-0.2, -0.15) is 0 Å². The molecule has 0 aliphatic heterocycles. The second-order valence-corrected chi connectivity index (χ2v) is 6.81. The molecule has 1 aromatic heterocycles. The largest absolute Gasteiger partial charge is 0.487 e. The number of anilines is 1. The lowest BCUT2D eigenvalue weighted by molar-refractivity contribution is 0.102. The molecule has 1 heterocycles. The summed E-state index contributed by atoms with van der Waals surface area (Å²) in [5, 5.41) is 3.39. The highest BCUT2D eigenvalue weighted by molar-refractivity contribution is 14.1. The van der Waals surface area contributed by atoms with Gasteiger partial charge in [0.2, 0.25) is 0 Å². The van der Waals surface area contributed by atoms with E-state index in [-0.39, 0.29) is 5.91 Å². The molecule has 0 spiro atoms. The third-order valence-electron chi connectivity index (χ3n) is 3.38. The fourth-order valence-electron chi connectivity index (χ4n) is 2.17. The van der Waals surface area contributed by atoms with E-state index in [0.717, 1.165) is 9.26 Å². The molecule has 25 heavy (non-hydrogen) atoms. The first-order valence-corrected chi connectivity index (χ1v) is 8.97. The Morgan fingerprint density at radius 2 is 2.00 bits per heavy atom. The van der Waals surface area contributed by atoms with Crippen LogP contribution in [0.4, 0.5) is 5.69 Å². The Morgan fingerprint density at radius 3 is 2.80 bits per heavy atom. The van der Waals surface area contributed by atoms with Gasteiger partial charge in [0.15, 0.2) is 0 Å². The Labute approximate surface area is 164 Å². The molecule has 126 valence electrons. The van der Waals surface area contributed by atoms with Gasteiger partial charge >= 0.3 is 0 Å². The number of rotatable bonds is 5. The van der Waals surface area contributed by atoms with Gasteiger partial charge in [-0.15, -0.1) is 0 Å². The number of halogens is 2. The number of nitrogens with one attached hydrogen (secondary N) is 1. The highest BCUT2D eigenvalue weighted by Gasteiger charge is 2.11. The van der Waals surface area contributed by atoms with Crippen molar-refractivity contribution in [2.45, 2.75) is 6.61 Å². The number of benzene rings is 2. The van der Waals surface area contributed by atoms with Crippen LogP contribution in [0.1, 0.15) is 16.1 Å². The first kappa shape index (κ1) is 17.7. The Balaban J connectivity index is 1.69. The Hall–Kier alpha value is -2.12. The van der Waals surface area contributed by atoms with Crippen LogP contribution in [-0.2, 0) is 6.61 Å². The van der Waals surface area contributed by atoms with Crippen molar-refractivity contribution in [3.05, 3.63) is 86.7 Å². The Morgan fingerprint density at radius 1 is 1.12 bits per heavy atom. The molecule has 0 saturated carbocycles. The summed E-state index contributed by atoms with van der Waals surface area (Å²) < 4.78 is 6.56. The van der Waals surface area contributed by atoms with Crippen LogP contribution in [0, 0.1) is 3.57 Å². The van der Waals surface area contributed by atoms with E-state index in [4.69, 9.17) is 16.3 Å². The van der Waals surface area contributed by atoms with E-state index in [1.54, 1.807) is 24.4 Å². The van der Waals surface area contributed by atoms with E-state index in [2.05, 4.69) is 32.9 Å².